The normalized spacial score (nSPS) is 14.4. The first-order valence-electron chi connectivity index (χ1n) is 7.28. The number of nitrogens with one attached hydrogen (secondary N) is 1. The Morgan fingerprint density at radius 2 is 1.65 bits per heavy atom. The van der Waals surface area contributed by atoms with E-state index in [4.69, 9.17) is 0 Å². The Morgan fingerprint density at radius 1 is 1.04 bits per heavy atom. The fourth-order valence-electron chi connectivity index (χ4n) is 2.27. The van der Waals surface area contributed by atoms with Gasteiger partial charge in [0.2, 0.25) is 0 Å². The number of hydrogen-bond acceptors (Lipinski definition) is 5. The van der Waals surface area contributed by atoms with Crippen LogP contribution in [0, 0.1) is 0 Å². The molecule has 2 atom stereocenters. The number of rotatable bonds is 7. The van der Waals surface area contributed by atoms with Gasteiger partial charge in [-0.25, -0.2) is 8.42 Å². The van der Waals surface area contributed by atoms with Gasteiger partial charge >= 0.3 is 0 Å². The van der Waals surface area contributed by atoms with Crippen molar-refractivity contribution in [2.75, 3.05) is 12.9 Å². The number of aliphatic hydroxyl groups is 2. The molecule has 124 valence electrons. The van der Waals surface area contributed by atoms with E-state index >= 15 is 0 Å². The molecule has 0 amide bonds. The highest BCUT2D eigenvalue weighted by molar-refractivity contribution is 7.90. The molecule has 0 aliphatic carbocycles. The van der Waals surface area contributed by atoms with E-state index in [2.05, 4.69) is 5.32 Å². The number of hydrogen-bond donors (Lipinski definition) is 3. The van der Waals surface area contributed by atoms with Gasteiger partial charge in [0.05, 0.1) is 23.6 Å². The van der Waals surface area contributed by atoms with Crippen LogP contribution in [-0.4, -0.2) is 37.5 Å². The predicted octanol–water partition coefficient (Wildman–Crippen LogP) is 1.27. The van der Waals surface area contributed by atoms with Gasteiger partial charge in [-0.2, -0.15) is 0 Å². The van der Waals surface area contributed by atoms with Crippen LogP contribution in [-0.2, 0) is 16.4 Å². The van der Waals surface area contributed by atoms with E-state index in [9.17, 15) is 18.6 Å². The first-order valence-corrected chi connectivity index (χ1v) is 9.17. The molecule has 2 rings (SSSR count). The summed E-state index contributed by atoms with van der Waals surface area (Å²) in [6.07, 6.45) is 0.202. The van der Waals surface area contributed by atoms with Gasteiger partial charge in [0.1, 0.15) is 0 Å². The fraction of sp³-hybridized carbons (Fsp3) is 0.294. The maximum absolute atomic E-state index is 11.4. The summed E-state index contributed by atoms with van der Waals surface area (Å²) < 4.78 is 22.9. The molecule has 5 nitrogen and oxygen atoms in total. The number of sulfone groups is 1. The lowest BCUT2D eigenvalue weighted by Gasteiger charge is -2.23. The quantitative estimate of drug-likeness (QED) is 0.709. The van der Waals surface area contributed by atoms with E-state index in [-0.39, 0.29) is 11.5 Å². The van der Waals surface area contributed by atoms with Gasteiger partial charge in [-0.1, -0.05) is 42.5 Å². The predicted molar refractivity (Wildman–Crippen MR) is 88.7 cm³/mol. The van der Waals surface area contributed by atoms with Crippen LogP contribution in [0.5, 0.6) is 0 Å². The summed E-state index contributed by atoms with van der Waals surface area (Å²) in [6.45, 7) is 0.284. The first-order chi connectivity index (χ1) is 10.9. The second-order valence-electron chi connectivity index (χ2n) is 5.44. The highest BCUT2D eigenvalue weighted by Gasteiger charge is 2.20. The average Bonchev–Trinajstić information content (AvgIpc) is 2.55. The third-order valence-corrected chi connectivity index (χ3v) is 4.77. The van der Waals surface area contributed by atoms with E-state index in [1.54, 1.807) is 12.1 Å². The molecule has 2 aromatic rings. The SMILES string of the molecule is CS(=O)(=O)c1ccc([C@@H](O)[C@@H](CO)NCc2ccccc2)cc1. The Hall–Kier alpha value is -1.73. The van der Waals surface area contributed by atoms with Crippen molar-refractivity contribution < 1.29 is 18.6 Å². The maximum atomic E-state index is 11.4. The smallest absolute Gasteiger partial charge is 0.175 e. The van der Waals surface area contributed by atoms with E-state index in [0.29, 0.717) is 12.1 Å². The molecule has 6 heteroatoms. The molecule has 0 saturated heterocycles. The molecule has 0 aromatic heterocycles. The van der Waals surface area contributed by atoms with Crippen molar-refractivity contribution in [3.8, 4) is 0 Å². The van der Waals surface area contributed by atoms with Crippen molar-refractivity contribution in [2.24, 2.45) is 0 Å². The molecule has 2 aromatic carbocycles. The van der Waals surface area contributed by atoms with E-state index in [1.807, 2.05) is 30.3 Å². The maximum Gasteiger partial charge on any atom is 0.175 e. The summed E-state index contributed by atoms with van der Waals surface area (Å²) in [6, 6.07) is 15.2. The summed E-state index contributed by atoms with van der Waals surface area (Å²) in [7, 11) is -3.26. The van der Waals surface area contributed by atoms with Gasteiger partial charge in [0.15, 0.2) is 9.84 Å². The standard InChI is InChI=1S/C17H21NO4S/c1-23(21,22)15-9-7-14(8-10-15)17(20)16(12-19)18-11-13-5-3-2-4-6-13/h2-10,16-20H,11-12H2,1H3/t16-,17-/m1/s1. The molecule has 0 aliphatic rings. The summed E-state index contributed by atoms with van der Waals surface area (Å²) in [5.41, 5.74) is 1.60. The molecule has 0 spiro atoms. The van der Waals surface area contributed by atoms with Crippen LogP contribution >= 0.6 is 0 Å². The van der Waals surface area contributed by atoms with E-state index < -0.39 is 22.0 Å². The highest BCUT2D eigenvalue weighted by Crippen LogP contribution is 2.19. The first kappa shape index (κ1) is 17.6. The Morgan fingerprint density at radius 3 is 2.17 bits per heavy atom. The molecular formula is C17H21NO4S. The van der Waals surface area contributed by atoms with Crippen LogP contribution in [0.1, 0.15) is 17.2 Å². The Bertz CT molecular complexity index is 714. The fourth-order valence-corrected chi connectivity index (χ4v) is 2.90. The molecule has 0 aliphatic heterocycles. The molecular weight excluding hydrogens is 314 g/mol. The summed E-state index contributed by atoms with van der Waals surface area (Å²) in [4.78, 5) is 0.200. The van der Waals surface area contributed by atoms with Crippen molar-refractivity contribution in [2.45, 2.75) is 23.6 Å². The van der Waals surface area contributed by atoms with Crippen LogP contribution < -0.4 is 5.32 Å². The lowest BCUT2D eigenvalue weighted by Crippen LogP contribution is -2.37. The molecule has 3 N–H and O–H groups in total. The Balaban J connectivity index is 2.05. The molecule has 0 heterocycles. The van der Waals surface area contributed by atoms with Gasteiger partial charge in [-0.3, -0.25) is 0 Å². The lowest BCUT2D eigenvalue weighted by atomic mass is 10.0. The summed E-state index contributed by atoms with van der Waals surface area (Å²) >= 11 is 0. The highest BCUT2D eigenvalue weighted by atomic mass is 32.2. The average molecular weight is 335 g/mol. The van der Waals surface area contributed by atoms with Crippen LogP contribution in [0.3, 0.4) is 0 Å². The minimum absolute atomic E-state index is 0.200. The zero-order chi connectivity index (χ0) is 16.9. The van der Waals surface area contributed by atoms with E-state index in [0.717, 1.165) is 11.8 Å². The third kappa shape index (κ3) is 4.87. The van der Waals surface area contributed by atoms with Crippen LogP contribution in [0.4, 0.5) is 0 Å². The zero-order valence-corrected chi connectivity index (χ0v) is 13.7. The second kappa shape index (κ2) is 7.70. The minimum atomic E-state index is -3.26. The number of benzene rings is 2. The summed E-state index contributed by atoms with van der Waals surface area (Å²) in [5, 5.41) is 23.0. The van der Waals surface area contributed by atoms with Crippen molar-refractivity contribution >= 4 is 9.84 Å². The van der Waals surface area contributed by atoms with Gasteiger partial charge in [0, 0.05) is 12.8 Å². The molecule has 23 heavy (non-hydrogen) atoms. The van der Waals surface area contributed by atoms with Gasteiger partial charge in [-0.05, 0) is 23.3 Å². The molecule has 0 bridgehead atoms. The van der Waals surface area contributed by atoms with Gasteiger partial charge in [-0.15, -0.1) is 0 Å². The topological polar surface area (TPSA) is 86.6 Å². The third-order valence-electron chi connectivity index (χ3n) is 3.64. The van der Waals surface area contributed by atoms with Crippen LogP contribution in [0.25, 0.3) is 0 Å². The molecule has 0 unspecified atom stereocenters. The second-order valence-corrected chi connectivity index (χ2v) is 7.46. The Labute approximate surface area is 136 Å². The number of aliphatic hydroxyl groups excluding tert-OH is 2. The monoisotopic (exact) mass is 335 g/mol. The Kier molecular flexibility index (Phi) is 5.90. The largest absolute Gasteiger partial charge is 0.395 e. The van der Waals surface area contributed by atoms with Gasteiger partial charge in [0.25, 0.3) is 0 Å². The molecule has 0 radical (unpaired) electrons. The lowest BCUT2D eigenvalue weighted by molar-refractivity contribution is 0.0891. The summed E-state index contributed by atoms with van der Waals surface area (Å²) in [5.74, 6) is 0. The van der Waals surface area contributed by atoms with Crippen molar-refractivity contribution in [1.29, 1.82) is 0 Å². The van der Waals surface area contributed by atoms with Crippen LogP contribution in [0.2, 0.25) is 0 Å². The minimum Gasteiger partial charge on any atom is -0.395 e. The van der Waals surface area contributed by atoms with Crippen molar-refractivity contribution in [3.05, 3.63) is 65.7 Å². The van der Waals surface area contributed by atoms with Crippen LogP contribution in [0.15, 0.2) is 59.5 Å². The van der Waals surface area contributed by atoms with Gasteiger partial charge < -0.3 is 15.5 Å². The molecule has 0 fully saturated rings. The molecule has 0 saturated carbocycles. The van der Waals surface area contributed by atoms with E-state index in [1.165, 1.54) is 12.1 Å². The van der Waals surface area contributed by atoms with Crippen molar-refractivity contribution in [1.82, 2.24) is 5.32 Å². The van der Waals surface area contributed by atoms with Crippen molar-refractivity contribution in [3.63, 3.8) is 0 Å². The zero-order valence-electron chi connectivity index (χ0n) is 12.9.